The van der Waals surface area contributed by atoms with Crippen molar-refractivity contribution >= 4 is 21.6 Å². The van der Waals surface area contributed by atoms with Gasteiger partial charge in [-0.25, -0.2) is 12.7 Å². The van der Waals surface area contributed by atoms with E-state index in [-0.39, 0.29) is 13.2 Å². The van der Waals surface area contributed by atoms with Crippen molar-refractivity contribution in [1.29, 1.82) is 0 Å². The summed E-state index contributed by atoms with van der Waals surface area (Å²) in [6.45, 7) is 0.514. The van der Waals surface area contributed by atoms with Gasteiger partial charge in [0.25, 0.3) is 0 Å². The maximum absolute atomic E-state index is 11.3. The zero-order valence-corrected chi connectivity index (χ0v) is 11.9. The van der Waals surface area contributed by atoms with E-state index in [1.54, 1.807) is 31.4 Å². The molecule has 5 nitrogen and oxygen atoms in total. The monoisotopic (exact) mass is 293 g/mol. The Bertz CT molecular complexity index is 460. The zero-order chi connectivity index (χ0) is 13.6. The van der Waals surface area contributed by atoms with Gasteiger partial charge >= 0.3 is 0 Å². The lowest BCUT2D eigenvalue weighted by Crippen LogP contribution is -2.31. The van der Waals surface area contributed by atoms with Gasteiger partial charge in [0.1, 0.15) is 23.3 Å². The molecule has 0 bridgehead atoms. The van der Waals surface area contributed by atoms with Crippen molar-refractivity contribution in [3.05, 3.63) is 24.3 Å². The van der Waals surface area contributed by atoms with E-state index < -0.39 is 15.2 Å². The number of benzene rings is 1. The van der Waals surface area contributed by atoms with Crippen LogP contribution in [0.5, 0.6) is 11.5 Å². The lowest BCUT2D eigenvalue weighted by molar-refractivity contribution is 0.287. The molecule has 0 radical (unpaired) electrons. The molecule has 0 N–H and O–H groups in total. The van der Waals surface area contributed by atoms with Crippen molar-refractivity contribution in [1.82, 2.24) is 4.31 Å². The summed E-state index contributed by atoms with van der Waals surface area (Å²) in [6, 6.07) is 7.06. The third-order valence-electron chi connectivity index (χ3n) is 2.35. The molecule has 0 unspecified atom stereocenters. The van der Waals surface area contributed by atoms with Crippen LogP contribution in [0.4, 0.5) is 0 Å². The molecule has 102 valence electrons. The second kappa shape index (κ2) is 6.82. The van der Waals surface area contributed by atoms with Crippen molar-refractivity contribution < 1.29 is 17.9 Å². The topological polar surface area (TPSA) is 55.8 Å². The third kappa shape index (κ3) is 4.36. The van der Waals surface area contributed by atoms with Crippen LogP contribution in [0.1, 0.15) is 0 Å². The fraction of sp³-hybridized carbons (Fsp3) is 0.455. The number of likely N-dealkylation sites (N-methyl/N-ethyl adjacent to an activating group) is 1. The summed E-state index contributed by atoms with van der Waals surface area (Å²) in [7, 11) is -0.312. The molecule has 0 aliphatic carbocycles. The minimum atomic E-state index is -3.36. The molecule has 0 aliphatic rings. The summed E-state index contributed by atoms with van der Waals surface area (Å²) >= 11 is 5.33. The molecule has 1 aromatic carbocycles. The van der Waals surface area contributed by atoms with Gasteiger partial charge in [-0.15, -0.1) is 11.6 Å². The Morgan fingerprint density at radius 1 is 1.22 bits per heavy atom. The Morgan fingerprint density at radius 2 is 1.78 bits per heavy atom. The molecule has 0 aromatic heterocycles. The van der Waals surface area contributed by atoms with E-state index in [1.165, 1.54) is 11.4 Å². The number of methoxy groups -OCH3 is 1. The third-order valence-corrected chi connectivity index (χ3v) is 4.58. The zero-order valence-electron chi connectivity index (χ0n) is 10.3. The fourth-order valence-corrected chi connectivity index (χ4v) is 2.21. The Morgan fingerprint density at radius 3 is 2.28 bits per heavy atom. The van der Waals surface area contributed by atoms with E-state index in [1.807, 2.05) is 0 Å². The standard InChI is InChI=1S/C11H16ClNO4S/c1-13(18(14,15)9-12)7-8-17-11-5-3-10(16-2)4-6-11/h3-6H,7-9H2,1-2H3. The van der Waals surface area contributed by atoms with Crippen LogP contribution in [0.3, 0.4) is 0 Å². The summed E-state index contributed by atoms with van der Waals surface area (Å²) in [5.74, 6) is 1.40. The number of nitrogens with zero attached hydrogens (tertiary/aromatic N) is 1. The number of halogens is 1. The van der Waals surface area contributed by atoms with Crippen molar-refractivity contribution in [3.63, 3.8) is 0 Å². The van der Waals surface area contributed by atoms with Gasteiger partial charge in [0.05, 0.1) is 7.11 Å². The molecule has 0 heterocycles. The summed E-state index contributed by atoms with van der Waals surface area (Å²) in [5.41, 5.74) is 0. The Balaban J connectivity index is 2.42. The second-order valence-electron chi connectivity index (χ2n) is 3.57. The Kier molecular flexibility index (Phi) is 5.71. The van der Waals surface area contributed by atoms with E-state index >= 15 is 0 Å². The molecule has 1 aromatic rings. The van der Waals surface area contributed by atoms with Crippen LogP contribution in [-0.4, -0.2) is 45.2 Å². The largest absolute Gasteiger partial charge is 0.497 e. The molecule has 18 heavy (non-hydrogen) atoms. The van der Waals surface area contributed by atoms with Crippen LogP contribution in [0.25, 0.3) is 0 Å². The molecule has 7 heteroatoms. The number of sulfonamides is 1. The van der Waals surface area contributed by atoms with Gasteiger partial charge in [0, 0.05) is 13.6 Å². The summed E-state index contributed by atoms with van der Waals surface area (Å²) in [6.07, 6.45) is 0. The van der Waals surface area contributed by atoms with Crippen LogP contribution >= 0.6 is 11.6 Å². The lowest BCUT2D eigenvalue weighted by atomic mass is 10.3. The van der Waals surface area contributed by atoms with Crippen LogP contribution in [0.2, 0.25) is 0 Å². The molecule has 0 aliphatic heterocycles. The maximum atomic E-state index is 11.3. The highest BCUT2D eigenvalue weighted by molar-refractivity contribution is 7.90. The minimum Gasteiger partial charge on any atom is -0.497 e. The van der Waals surface area contributed by atoms with Crippen molar-refractivity contribution in [3.8, 4) is 11.5 Å². The lowest BCUT2D eigenvalue weighted by Gasteiger charge is -2.15. The van der Waals surface area contributed by atoms with E-state index in [2.05, 4.69) is 0 Å². The van der Waals surface area contributed by atoms with E-state index in [0.717, 1.165) is 5.75 Å². The van der Waals surface area contributed by atoms with Gasteiger partial charge in [-0.1, -0.05) is 0 Å². The van der Waals surface area contributed by atoms with Gasteiger partial charge in [-0.2, -0.15) is 0 Å². The molecule has 0 spiro atoms. The normalized spacial score (nSPS) is 11.6. The highest BCUT2D eigenvalue weighted by Crippen LogP contribution is 2.16. The molecule has 0 saturated carbocycles. The van der Waals surface area contributed by atoms with Gasteiger partial charge in [0.2, 0.25) is 10.0 Å². The van der Waals surface area contributed by atoms with E-state index in [0.29, 0.717) is 5.75 Å². The number of rotatable bonds is 7. The molecule has 1 rings (SSSR count). The van der Waals surface area contributed by atoms with E-state index in [4.69, 9.17) is 21.1 Å². The summed E-state index contributed by atoms with van der Waals surface area (Å²) in [5, 5.41) is -0.425. The van der Waals surface area contributed by atoms with Gasteiger partial charge in [-0.3, -0.25) is 0 Å². The molecule has 0 saturated heterocycles. The van der Waals surface area contributed by atoms with E-state index in [9.17, 15) is 8.42 Å². The average Bonchev–Trinajstić information content (AvgIpc) is 2.39. The highest BCUT2D eigenvalue weighted by atomic mass is 35.5. The molecule has 0 atom stereocenters. The number of ether oxygens (including phenoxy) is 2. The summed E-state index contributed by atoms with van der Waals surface area (Å²) in [4.78, 5) is 0. The van der Waals surface area contributed by atoms with Crippen LogP contribution in [-0.2, 0) is 10.0 Å². The molecule has 0 amide bonds. The minimum absolute atomic E-state index is 0.251. The number of hydrogen-bond donors (Lipinski definition) is 0. The number of alkyl halides is 1. The fourth-order valence-electron chi connectivity index (χ4n) is 1.19. The Hall–Kier alpha value is -0.980. The van der Waals surface area contributed by atoms with Gasteiger partial charge in [0.15, 0.2) is 0 Å². The van der Waals surface area contributed by atoms with Crippen LogP contribution < -0.4 is 9.47 Å². The quantitative estimate of drug-likeness (QED) is 0.716. The first-order chi connectivity index (χ1) is 8.49. The molecule has 0 fully saturated rings. The van der Waals surface area contributed by atoms with Crippen LogP contribution in [0.15, 0.2) is 24.3 Å². The van der Waals surface area contributed by atoms with Crippen molar-refractivity contribution in [2.75, 3.05) is 32.5 Å². The average molecular weight is 294 g/mol. The maximum Gasteiger partial charge on any atom is 0.228 e. The SMILES string of the molecule is COc1ccc(OCCN(C)S(=O)(=O)CCl)cc1. The van der Waals surface area contributed by atoms with Gasteiger partial charge in [-0.05, 0) is 24.3 Å². The van der Waals surface area contributed by atoms with Gasteiger partial charge < -0.3 is 9.47 Å². The first kappa shape index (κ1) is 15.1. The second-order valence-corrected chi connectivity index (χ2v) is 6.23. The number of hydrogen-bond acceptors (Lipinski definition) is 4. The summed E-state index contributed by atoms with van der Waals surface area (Å²) < 4.78 is 34.3. The van der Waals surface area contributed by atoms with Crippen molar-refractivity contribution in [2.24, 2.45) is 0 Å². The predicted octanol–water partition coefficient (Wildman–Crippen LogP) is 1.53. The van der Waals surface area contributed by atoms with Crippen LogP contribution in [0, 0.1) is 0 Å². The molecular weight excluding hydrogens is 278 g/mol. The predicted molar refractivity (Wildman–Crippen MR) is 70.8 cm³/mol. The smallest absolute Gasteiger partial charge is 0.228 e. The van der Waals surface area contributed by atoms with Crippen molar-refractivity contribution in [2.45, 2.75) is 0 Å². The first-order valence-corrected chi connectivity index (χ1v) is 7.41. The first-order valence-electron chi connectivity index (χ1n) is 5.26. The highest BCUT2D eigenvalue weighted by Gasteiger charge is 2.15. The molecular formula is C11H16ClNO4S. The Labute approximate surface area is 112 Å².